The number of carbonyl (C=O) groups excluding carboxylic acids is 1. The molecule has 11 nitrogen and oxygen atoms in total. The van der Waals surface area contributed by atoms with E-state index in [-0.39, 0.29) is 34.8 Å². The number of sulfone groups is 1. The van der Waals surface area contributed by atoms with Crippen molar-refractivity contribution in [3.05, 3.63) is 53.0 Å². The summed E-state index contributed by atoms with van der Waals surface area (Å²) in [6, 6.07) is 12.8. The van der Waals surface area contributed by atoms with E-state index in [0.717, 1.165) is 0 Å². The summed E-state index contributed by atoms with van der Waals surface area (Å²) < 4.78 is 70.0. The molecule has 1 amide bonds. The van der Waals surface area contributed by atoms with Crippen LogP contribution in [0.4, 0.5) is 4.79 Å². The lowest BCUT2D eigenvalue weighted by Gasteiger charge is -2.37. The largest absolute Gasteiger partial charge is 0.491 e. The molecule has 224 valence electrons. The summed E-state index contributed by atoms with van der Waals surface area (Å²) in [7, 11) is -6.97. The molecule has 2 aromatic carbocycles. The Balaban J connectivity index is 1.03. The number of rotatable bonds is 10. The van der Waals surface area contributed by atoms with Crippen molar-refractivity contribution in [1.82, 2.24) is 9.62 Å². The van der Waals surface area contributed by atoms with Gasteiger partial charge in [-0.2, -0.15) is 4.31 Å². The van der Waals surface area contributed by atoms with Crippen LogP contribution in [0.15, 0.2) is 62.8 Å². The van der Waals surface area contributed by atoms with E-state index in [1.165, 1.54) is 16.4 Å². The predicted molar refractivity (Wildman–Crippen MR) is 152 cm³/mol. The maximum absolute atomic E-state index is 13.0. The van der Waals surface area contributed by atoms with E-state index in [1.54, 1.807) is 36.4 Å². The number of alkyl carbamates (subject to hydrolysis) is 1. The van der Waals surface area contributed by atoms with Gasteiger partial charge in [-0.25, -0.2) is 21.6 Å². The SMILES string of the molecule is O=C(NC[C@H](O)COc1cccc(S(=O)(=O)C2CC2)c1)O[C@H]1COC2(CCN(S(=O)(=O)c3cccc(Br)c3)CC2)C1. The highest BCUT2D eigenvalue weighted by molar-refractivity contribution is 9.10. The summed E-state index contributed by atoms with van der Waals surface area (Å²) in [6.45, 7) is 0.532. The van der Waals surface area contributed by atoms with Gasteiger partial charge in [-0.15, -0.1) is 0 Å². The van der Waals surface area contributed by atoms with Crippen molar-refractivity contribution in [2.24, 2.45) is 0 Å². The molecule has 2 saturated heterocycles. The second-order valence-electron chi connectivity index (χ2n) is 10.7. The summed E-state index contributed by atoms with van der Waals surface area (Å²) in [4.78, 5) is 12.8. The Labute approximate surface area is 248 Å². The van der Waals surface area contributed by atoms with Gasteiger partial charge < -0.3 is 24.6 Å². The molecule has 0 unspecified atom stereocenters. The van der Waals surface area contributed by atoms with Gasteiger partial charge in [-0.3, -0.25) is 0 Å². The number of piperidine rings is 1. The minimum absolute atomic E-state index is 0.125. The zero-order chi connectivity index (χ0) is 29.3. The van der Waals surface area contributed by atoms with E-state index in [0.29, 0.717) is 55.4 Å². The van der Waals surface area contributed by atoms with E-state index in [9.17, 15) is 26.7 Å². The van der Waals surface area contributed by atoms with Gasteiger partial charge in [0.1, 0.15) is 24.6 Å². The van der Waals surface area contributed by atoms with Crippen LogP contribution in [0, 0.1) is 0 Å². The van der Waals surface area contributed by atoms with Gasteiger partial charge >= 0.3 is 6.09 Å². The molecule has 1 aliphatic carbocycles. The number of sulfonamides is 1. The standard InChI is InChI=1S/C27H33BrN2O9S2/c28-19-3-1-6-25(13-19)41(35,36)30-11-9-27(10-12-30)15-22(18-38-27)39-26(32)29-16-20(31)17-37-21-4-2-5-24(14-21)40(33,34)23-7-8-23/h1-6,13-14,20,22-23,31H,7-12,15-18H2,(H,29,32)/t20-,22+/m0/s1. The van der Waals surface area contributed by atoms with Crippen molar-refractivity contribution in [3.63, 3.8) is 0 Å². The van der Waals surface area contributed by atoms with Crippen LogP contribution >= 0.6 is 15.9 Å². The number of amides is 1. The van der Waals surface area contributed by atoms with Crippen LogP contribution in [0.5, 0.6) is 5.75 Å². The van der Waals surface area contributed by atoms with Crippen LogP contribution in [0.2, 0.25) is 0 Å². The number of nitrogens with one attached hydrogen (secondary N) is 1. The van der Waals surface area contributed by atoms with Crippen LogP contribution in [0.25, 0.3) is 0 Å². The van der Waals surface area contributed by atoms with Gasteiger partial charge in [0, 0.05) is 24.0 Å². The molecule has 0 bridgehead atoms. The highest BCUT2D eigenvalue weighted by Gasteiger charge is 2.46. The second-order valence-corrected chi connectivity index (χ2v) is 15.7. The number of benzene rings is 2. The lowest BCUT2D eigenvalue weighted by atomic mass is 9.89. The number of hydrogen-bond acceptors (Lipinski definition) is 9. The molecule has 1 spiro atoms. The number of halogens is 1. The molecule has 2 aromatic rings. The second kappa shape index (κ2) is 12.2. The minimum Gasteiger partial charge on any atom is -0.491 e. The van der Waals surface area contributed by atoms with Gasteiger partial charge in [0.05, 0.1) is 33.8 Å². The first-order valence-electron chi connectivity index (χ1n) is 13.5. The van der Waals surface area contributed by atoms with Crippen molar-refractivity contribution in [1.29, 1.82) is 0 Å². The van der Waals surface area contributed by atoms with E-state index in [1.807, 2.05) is 0 Å². The highest BCUT2D eigenvalue weighted by atomic mass is 79.9. The average molecular weight is 674 g/mol. The van der Waals surface area contributed by atoms with Crippen molar-refractivity contribution in [2.75, 3.05) is 32.8 Å². The Morgan fingerprint density at radius 2 is 1.80 bits per heavy atom. The molecule has 2 atom stereocenters. The average Bonchev–Trinajstić information content (AvgIpc) is 3.75. The minimum atomic E-state index is -3.62. The number of ether oxygens (including phenoxy) is 3. The molecule has 1 saturated carbocycles. The Morgan fingerprint density at radius 1 is 1.10 bits per heavy atom. The van der Waals surface area contributed by atoms with Crippen molar-refractivity contribution < 1.29 is 40.9 Å². The molecule has 5 rings (SSSR count). The number of aliphatic hydroxyl groups is 1. The summed E-state index contributed by atoms with van der Waals surface area (Å²) in [5.74, 6) is 0.317. The third kappa shape index (κ3) is 7.23. The number of nitrogens with zero attached hydrogens (tertiary/aromatic N) is 1. The Kier molecular flexibility index (Phi) is 8.98. The van der Waals surface area contributed by atoms with Crippen LogP contribution in [0.3, 0.4) is 0 Å². The molecule has 14 heteroatoms. The third-order valence-electron chi connectivity index (χ3n) is 7.54. The first kappa shape index (κ1) is 30.2. The smallest absolute Gasteiger partial charge is 0.407 e. The van der Waals surface area contributed by atoms with Gasteiger partial charge in [0.2, 0.25) is 10.0 Å². The summed E-state index contributed by atoms with van der Waals surface area (Å²) in [6.07, 6.45) is 0.512. The topological polar surface area (TPSA) is 149 Å². The molecule has 3 aliphatic rings. The number of aliphatic hydroxyl groups excluding tert-OH is 1. The quantitative estimate of drug-likeness (QED) is 0.389. The number of carbonyl (C=O) groups is 1. The van der Waals surface area contributed by atoms with Crippen LogP contribution in [0.1, 0.15) is 32.1 Å². The summed E-state index contributed by atoms with van der Waals surface area (Å²) >= 11 is 3.32. The Hall–Kier alpha value is -2.23. The lowest BCUT2D eigenvalue weighted by molar-refractivity contribution is -0.0325. The van der Waals surface area contributed by atoms with E-state index >= 15 is 0 Å². The Bertz CT molecular complexity index is 1470. The Morgan fingerprint density at radius 3 is 2.51 bits per heavy atom. The van der Waals surface area contributed by atoms with E-state index < -0.39 is 43.8 Å². The zero-order valence-corrected chi connectivity index (χ0v) is 25.5. The molecule has 0 radical (unpaired) electrons. The maximum Gasteiger partial charge on any atom is 0.407 e. The van der Waals surface area contributed by atoms with Gasteiger partial charge in [0.15, 0.2) is 9.84 Å². The predicted octanol–water partition coefficient (Wildman–Crippen LogP) is 2.86. The van der Waals surface area contributed by atoms with Crippen molar-refractivity contribution in [3.8, 4) is 5.75 Å². The molecule has 2 aliphatic heterocycles. The first-order valence-corrected chi connectivity index (χ1v) is 17.2. The molecular formula is C27H33BrN2O9S2. The summed E-state index contributed by atoms with van der Waals surface area (Å²) in [5, 5.41) is 12.4. The van der Waals surface area contributed by atoms with Crippen LogP contribution in [-0.4, -0.2) is 88.2 Å². The van der Waals surface area contributed by atoms with Gasteiger partial charge in [-0.1, -0.05) is 28.1 Å². The normalized spacial score (nSPS) is 21.9. The van der Waals surface area contributed by atoms with E-state index in [2.05, 4.69) is 21.2 Å². The van der Waals surface area contributed by atoms with E-state index in [4.69, 9.17) is 14.2 Å². The molecule has 3 fully saturated rings. The molecule has 0 aromatic heterocycles. The van der Waals surface area contributed by atoms with Crippen molar-refractivity contribution in [2.45, 2.75) is 65.0 Å². The molecule has 41 heavy (non-hydrogen) atoms. The maximum atomic E-state index is 13.0. The number of hydrogen-bond donors (Lipinski definition) is 2. The van der Waals surface area contributed by atoms with Gasteiger partial charge in [0.25, 0.3) is 0 Å². The fourth-order valence-electron chi connectivity index (χ4n) is 5.09. The molecule has 2 N–H and O–H groups in total. The van der Waals surface area contributed by atoms with Crippen LogP contribution in [-0.2, 0) is 29.3 Å². The van der Waals surface area contributed by atoms with Gasteiger partial charge in [-0.05, 0) is 62.1 Å². The van der Waals surface area contributed by atoms with Crippen molar-refractivity contribution >= 4 is 41.9 Å². The fourth-order valence-corrected chi connectivity index (χ4v) is 8.82. The van der Waals surface area contributed by atoms with Crippen LogP contribution < -0.4 is 10.1 Å². The third-order valence-corrected chi connectivity index (χ3v) is 12.2. The first-order chi connectivity index (χ1) is 19.5. The zero-order valence-electron chi connectivity index (χ0n) is 22.3. The highest BCUT2D eigenvalue weighted by Crippen LogP contribution is 2.38. The summed E-state index contributed by atoms with van der Waals surface area (Å²) in [5.41, 5.74) is -0.552. The monoisotopic (exact) mass is 672 g/mol. The molecule has 2 heterocycles. The lowest BCUT2D eigenvalue weighted by Crippen LogP contribution is -2.46. The molecular weight excluding hydrogens is 640 g/mol. The fraction of sp³-hybridized carbons (Fsp3) is 0.519.